The first-order valence-corrected chi connectivity index (χ1v) is 16.6. The second-order valence-electron chi connectivity index (χ2n) is 11.9. The second-order valence-corrected chi connectivity index (χ2v) is 13.3. The number of carbonyl (C=O) groups is 1. The van der Waals surface area contributed by atoms with Crippen molar-refractivity contribution in [3.63, 3.8) is 0 Å². The number of aromatic nitrogens is 4. The Morgan fingerprint density at radius 1 is 1.24 bits per heavy atom. The van der Waals surface area contributed by atoms with Gasteiger partial charge in [0.25, 0.3) is 14.4 Å². The Balaban J connectivity index is 1.53. The maximum Gasteiger partial charge on any atom is 0.351 e. The first-order chi connectivity index (χ1) is 22.1. The summed E-state index contributed by atoms with van der Waals surface area (Å²) in [6, 6.07) is 8.49. The molecule has 244 valence electrons. The number of rotatable bonds is 13. The molecular weight excluding hydrogens is 607 g/mol. The Labute approximate surface area is 270 Å². The summed E-state index contributed by atoms with van der Waals surface area (Å²) in [6.07, 6.45) is 5.88. The van der Waals surface area contributed by atoms with Crippen LogP contribution in [-0.2, 0) is 13.8 Å². The molecular formula is C32H41N8O5P. The molecule has 0 spiro atoms. The minimum atomic E-state index is -1.61. The van der Waals surface area contributed by atoms with E-state index in [1.54, 1.807) is 56.0 Å². The van der Waals surface area contributed by atoms with Crippen LogP contribution in [0.2, 0.25) is 0 Å². The molecule has 0 saturated carbocycles. The van der Waals surface area contributed by atoms with Gasteiger partial charge in [0.1, 0.15) is 36.0 Å². The summed E-state index contributed by atoms with van der Waals surface area (Å²) >= 11 is 0. The van der Waals surface area contributed by atoms with Crippen LogP contribution in [0.3, 0.4) is 0 Å². The van der Waals surface area contributed by atoms with Crippen LogP contribution < -0.4 is 15.9 Å². The zero-order chi connectivity index (χ0) is 33.0. The molecule has 1 unspecified atom stereocenters. The van der Waals surface area contributed by atoms with Gasteiger partial charge in [-0.15, -0.1) is 0 Å². The molecule has 0 radical (unpaired) electrons. The number of carbonyl (C=O) groups excluding carboxylic acids is 1. The highest BCUT2D eigenvalue weighted by molar-refractivity contribution is 7.44. The van der Waals surface area contributed by atoms with Gasteiger partial charge in [-0.2, -0.15) is 4.98 Å². The van der Waals surface area contributed by atoms with Crippen LogP contribution in [0.15, 0.2) is 59.9 Å². The van der Waals surface area contributed by atoms with Crippen LogP contribution >= 0.6 is 8.53 Å². The van der Waals surface area contributed by atoms with Gasteiger partial charge in [-0.25, -0.2) is 21.0 Å². The number of amides is 1. The summed E-state index contributed by atoms with van der Waals surface area (Å²) in [5, 5.41) is 2.77. The van der Waals surface area contributed by atoms with E-state index in [9.17, 15) is 9.59 Å². The van der Waals surface area contributed by atoms with Gasteiger partial charge in [0.2, 0.25) is 6.54 Å². The van der Waals surface area contributed by atoms with Crippen molar-refractivity contribution in [1.29, 1.82) is 0 Å². The van der Waals surface area contributed by atoms with Crippen molar-refractivity contribution < 1.29 is 18.6 Å². The van der Waals surface area contributed by atoms with Gasteiger partial charge in [0.05, 0.1) is 12.7 Å². The van der Waals surface area contributed by atoms with Crippen LogP contribution in [0, 0.1) is 13.5 Å². The Bertz CT molecular complexity index is 1590. The fourth-order valence-electron chi connectivity index (χ4n) is 6.16. The van der Waals surface area contributed by atoms with Crippen LogP contribution in [0.25, 0.3) is 4.85 Å². The van der Waals surface area contributed by atoms with Crippen LogP contribution in [-0.4, -0.2) is 79.6 Å². The zero-order valence-corrected chi connectivity index (χ0v) is 27.9. The molecule has 2 aromatic heterocycles. The average Bonchev–Trinajstić information content (AvgIpc) is 3.52. The van der Waals surface area contributed by atoms with Crippen molar-refractivity contribution in [2.45, 2.75) is 84.0 Å². The molecule has 1 N–H and O–H groups in total. The molecule has 2 bridgehead atoms. The fourth-order valence-corrected chi connectivity index (χ4v) is 7.96. The molecule has 46 heavy (non-hydrogen) atoms. The van der Waals surface area contributed by atoms with Crippen molar-refractivity contribution in [2.75, 3.05) is 29.9 Å². The molecule has 5 atom stereocenters. The highest BCUT2D eigenvalue weighted by atomic mass is 31.2. The third kappa shape index (κ3) is 6.68. The summed E-state index contributed by atoms with van der Waals surface area (Å²) in [5.74, 6) is 0.462. The summed E-state index contributed by atoms with van der Waals surface area (Å²) in [4.78, 5) is 45.2. The highest BCUT2D eigenvalue weighted by Gasteiger charge is 2.66. The van der Waals surface area contributed by atoms with Gasteiger partial charge in [0, 0.05) is 41.8 Å². The Morgan fingerprint density at radius 3 is 2.61 bits per heavy atom. The third-order valence-corrected chi connectivity index (χ3v) is 10.4. The quantitative estimate of drug-likeness (QED) is 0.156. The number of hydrogen-bond donors (Lipinski definition) is 1. The molecule has 1 aromatic carbocycles. The molecule has 0 aliphatic carbocycles. The van der Waals surface area contributed by atoms with E-state index in [4.69, 9.17) is 20.4 Å². The normalized spacial score (nSPS) is 22.9. The Morgan fingerprint density at radius 2 is 1.98 bits per heavy atom. The maximum absolute atomic E-state index is 13.7. The minimum Gasteiger partial charge on any atom is -0.344 e. The highest BCUT2D eigenvalue weighted by Crippen LogP contribution is 2.57. The lowest BCUT2D eigenvalue weighted by atomic mass is 9.96. The molecule has 13 nitrogen and oxygen atoms in total. The predicted molar refractivity (Wildman–Crippen MR) is 175 cm³/mol. The van der Waals surface area contributed by atoms with Gasteiger partial charge < -0.3 is 28.8 Å². The maximum atomic E-state index is 13.7. The molecule has 14 heteroatoms. The van der Waals surface area contributed by atoms with Gasteiger partial charge in [-0.3, -0.25) is 14.3 Å². The molecule has 3 aromatic rings. The monoisotopic (exact) mass is 648 g/mol. The number of morpholine rings is 1. The fraction of sp³-hybridized carbons (Fsp3) is 0.500. The van der Waals surface area contributed by atoms with Gasteiger partial charge in [0.15, 0.2) is 6.23 Å². The summed E-state index contributed by atoms with van der Waals surface area (Å²) < 4.78 is 23.7. The number of nitrogens with one attached hydrogen (secondary N) is 1. The van der Waals surface area contributed by atoms with E-state index in [-0.39, 0.29) is 37.0 Å². The van der Waals surface area contributed by atoms with E-state index in [2.05, 4.69) is 62.4 Å². The van der Waals surface area contributed by atoms with E-state index >= 15 is 0 Å². The summed E-state index contributed by atoms with van der Waals surface area (Å²) in [7, 11) is -1.61. The molecule has 1 amide bonds. The van der Waals surface area contributed by atoms with E-state index < -0.39 is 38.2 Å². The van der Waals surface area contributed by atoms with Crippen molar-refractivity contribution in [3.05, 3.63) is 88.1 Å². The lowest BCUT2D eigenvalue weighted by Gasteiger charge is -2.38. The van der Waals surface area contributed by atoms with Gasteiger partial charge in [-0.1, -0.05) is 25.1 Å². The number of nitrogens with zero attached hydrogens (tertiary/aromatic N) is 7. The van der Waals surface area contributed by atoms with Crippen molar-refractivity contribution in [3.8, 4) is 0 Å². The van der Waals surface area contributed by atoms with E-state index in [0.29, 0.717) is 29.9 Å². The predicted octanol–water partition coefficient (Wildman–Crippen LogP) is 4.83. The van der Waals surface area contributed by atoms with Gasteiger partial charge >= 0.3 is 5.69 Å². The molecule has 2 fully saturated rings. The summed E-state index contributed by atoms with van der Waals surface area (Å²) in [5.41, 5.74) is -0.332. The van der Waals surface area contributed by atoms with Crippen molar-refractivity contribution in [1.82, 2.24) is 24.2 Å². The SMILES string of the molecule is [C-]#[N+]CCOP(O[C@H]1[C@@H]2[C@H](n3cc(C)c(NC(=O)c4ccccc4)nc3=O)O[C@@]1(CC)CN2c1cnccn1)N(C(C)C)C(C)C. The standard InChI is InChI=1S/C32H41N8O5P/c1-8-32-20-39(25-18-34-14-15-35-25)26(27(32)45-46(43-17-16-33-7)40(21(2)3)22(4)5)30(44-32)38-19-23(6)28(37-31(38)42)36-29(41)24-12-10-9-11-13-24/h9-15,18-19,21-22,26-27,30H,8,16-17,20H2,1-6H3,(H,36,37,41,42)/t26-,27+,30-,32+,46?/m1/s1. The van der Waals surface area contributed by atoms with E-state index in [1.807, 2.05) is 13.0 Å². The van der Waals surface area contributed by atoms with E-state index in [0.717, 1.165) is 0 Å². The Kier molecular flexibility index (Phi) is 10.5. The summed E-state index contributed by atoms with van der Waals surface area (Å²) in [6.45, 7) is 20.4. The molecule has 2 aliphatic heterocycles. The van der Waals surface area contributed by atoms with Crippen LogP contribution in [0.1, 0.15) is 63.2 Å². The number of aryl methyl sites for hydroxylation is 1. The minimum absolute atomic E-state index is 0.108. The van der Waals surface area contributed by atoms with Crippen LogP contribution in [0.4, 0.5) is 11.6 Å². The molecule has 5 rings (SSSR count). The molecule has 2 aliphatic rings. The smallest absolute Gasteiger partial charge is 0.344 e. The number of benzene rings is 1. The lowest BCUT2D eigenvalue weighted by molar-refractivity contribution is -0.104. The number of ether oxygens (including phenoxy) is 1. The van der Waals surface area contributed by atoms with Crippen LogP contribution in [0.5, 0.6) is 0 Å². The third-order valence-electron chi connectivity index (χ3n) is 8.25. The number of hydrogen-bond acceptors (Lipinski definition) is 10. The number of fused-ring (bicyclic) bond motifs is 2. The largest absolute Gasteiger partial charge is 0.351 e. The van der Waals surface area contributed by atoms with Crippen molar-refractivity contribution in [2.24, 2.45) is 0 Å². The van der Waals surface area contributed by atoms with Gasteiger partial charge in [-0.05, 0) is 53.2 Å². The first kappa shape index (κ1) is 33.6. The topological polar surface area (TPSA) is 128 Å². The molecule has 4 heterocycles. The average molecular weight is 649 g/mol. The Hall–Kier alpha value is -3.79. The zero-order valence-electron chi connectivity index (χ0n) is 27.0. The lowest BCUT2D eigenvalue weighted by Crippen LogP contribution is -2.48. The van der Waals surface area contributed by atoms with Crippen molar-refractivity contribution >= 4 is 26.1 Å². The second kappa shape index (κ2) is 14.3. The number of anilines is 2. The first-order valence-electron chi connectivity index (χ1n) is 15.5. The molecule has 2 saturated heterocycles. The van der Waals surface area contributed by atoms with E-state index in [1.165, 1.54) is 4.57 Å².